The molecule has 1 N–H and O–H groups in total. The zero-order valence-corrected chi connectivity index (χ0v) is 8.71. The SMILES string of the molecule is N#CCc1nnc2c3ccccc3c(=O)[nH]n12. The van der Waals surface area contributed by atoms with Crippen LogP contribution in [-0.2, 0) is 6.42 Å². The second-order valence-corrected chi connectivity index (χ2v) is 3.60. The highest BCUT2D eigenvalue weighted by molar-refractivity contribution is 5.92. The van der Waals surface area contributed by atoms with Crippen molar-refractivity contribution in [3.05, 3.63) is 40.4 Å². The highest BCUT2D eigenvalue weighted by atomic mass is 16.1. The number of benzene rings is 1. The van der Waals surface area contributed by atoms with Gasteiger partial charge in [-0.15, -0.1) is 10.2 Å². The zero-order chi connectivity index (χ0) is 11.8. The van der Waals surface area contributed by atoms with E-state index in [4.69, 9.17) is 5.26 Å². The monoisotopic (exact) mass is 225 g/mol. The number of aromatic amines is 1. The minimum atomic E-state index is -0.216. The summed E-state index contributed by atoms with van der Waals surface area (Å²) in [7, 11) is 0. The molecule has 3 aromatic rings. The minimum Gasteiger partial charge on any atom is -0.267 e. The fraction of sp³-hybridized carbons (Fsp3) is 0.0909. The van der Waals surface area contributed by atoms with E-state index in [2.05, 4.69) is 15.3 Å². The maximum absolute atomic E-state index is 11.8. The van der Waals surface area contributed by atoms with Crippen molar-refractivity contribution >= 4 is 16.4 Å². The van der Waals surface area contributed by atoms with E-state index in [1.807, 2.05) is 18.2 Å². The zero-order valence-electron chi connectivity index (χ0n) is 8.71. The highest BCUT2D eigenvalue weighted by Crippen LogP contribution is 2.14. The van der Waals surface area contributed by atoms with Gasteiger partial charge in [-0.2, -0.15) is 5.26 Å². The standard InChI is InChI=1S/C11H7N5O/c12-6-5-9-13-14-10-7-3-1-2-4-8(7)11(17)15-16(9)10/h1-4H,5H2,(H,15,17). The molecule has 17 heavy (non-hydrogen) atoms. The van der Waals surface area contributed by atoms with Crippen LogP contribution in [-0.4, -0.2) is 19.8 Å². The van der Waals surface area contributed by atoms with E-state index in [0.29, 0.717) is 16.9 Å². The van der Waals surface area contributed by atoms with Gasteiger partial charge < -0.3 is 0 Å². The normalized spacial score (nSPS) is 10.8. The Labute approximate surface area is 95.1 Å². The number of hydrogen-bond donors (Lipinski definition) is 1. The van der Waals surface area contributed by atoms with Crippen LogP contribution in [0.1, 0.15) is 5.82 Å². The third-order valence-corrected chi connectivity index (χ3v) is 2.59. The maximum atomic E-state index is 11.8. The Bertz CT molecular complexity index is 808. The number of H-pyrrole nitrogens is 1. The molecule has 0 bridgehead atoms. The van der Waals surface area contributed by atoms with Crippen molar-refractivity contribution in [3.63, 3.8) is 0 Å². The van der Waals surface area contributed by atoms with Gasteiger partial charge in [0.1, 0.15) is 0 Å². The molecule has 0 aliphatic rings. The summed E-state index contributed by atoms with van der Waals surface area (Å²) in [6.07, 6.45) is 0.107. The fourth-order valence-corrected chi connectivity index (χ4v) is 1.83. The summed E-state index contributed by atoms with van der Waals surface area (Å²) in [6, 6.07) is 9.15. The molecular formula is C11H7N5O. The Hall–Kier alpha value is -2.68. The van der Waals surface area contributed by atoms with Gasteiger partial charge in [0, 0.05) is 5.39 Å². The van der Waals surface area contributed by atoms with Gasteiger partial charge in [0.15, 0.2) is 11.5 Å². The van der Waals surface area contributed by atoms with E-state index in [9.17, 15) is 4.79 Å². The maximum Gasteiger partial charge on any atom is 0.270 e. The molecule has 0 unspecified atom stereocenters. The topological polar surface area (TPSA) is 86.8 Å². The molecule has 2 heterocycles. The minimum absolute atomic E-state index is 0.107. The van der Waals surface area contributed by atoms with Crippen LogP contribution in [0.15, 0.2) is 29.1 Å². The molecule has 0 saturated heterocycles. The average molecular weight is 225 g/mol. The molecule has 0 amide bonds. The Kier molecular flexibility index (Phi) is 1.92. The first-order valence-corrected chi connectivity index (χ1v) is 5.03. The summed E-state index contributed by atoms with van der Waals surface area (Å²) in [6.45, 7) is 0. The van der Waals surface area contributed by atoms with Crippen LogP contribution in [0.2, 0.25) is 0 Å². The van der Waals surface area contributed by atoms with Gasteiger partial charge in [-0.1, -0.05) is 18.2 Å². The summed E-state index contributed by atoms with van der Waals surface area (Å²) in [4.78, 5) is 11.8. The smallest absolute Gasteiger partial charge is 0.267 e. The van der Waals surface area contributed by atoms with Crippen LogP contribution in [0.5, 0.6) is 0 Å². The molecule has 6 nitrogen and oxygen atoms in total. The number of rotatable bonds is 1. The number of nitrogens with one attached hydrogen (secondary N) is 1. The third kappa shape index (κ3) is 1.29. The largest absolute Gasteiger partial charge is 0.270 e. The molecule has 0 saturated carbocycles. The molecule has 6 heteroatoms. The average Bonchev–Trinajstić information content (AvgIpc) is 2.74. The Balaban J connectivity index is 2.51. The van der Waals surface area contributed by atoms with E-state index >= 15 is 0 Å². The van der Waals surface area contributed by atoms with Crippen molar-refractivity contribution in [2.75, 3.05) is 0 Å². The predicted octanol–water partition coefficient (Wildman–Crippen LogP) is 0.637. The van der Waals surface area contributed by atoms with Crippen molar-refractivity contribution < 1.29 is 0 Å². The van der Waals surface area contributed by atoms with Crippen molar-refractivity contribution in [2.45, 2.75) is 6.42 Å². The van der Waals surface area contributed by atoms with Crippen molar-refractivity contribution in [1.82, 2.24) is 19.8 Å². The van der Waals surface area contributed by atoms with Gasteiger partial charge >= 0.3 is 0 Å². The van der Waals surface area contributed by atoms with E-state index in [1.165, 1.54) is 4.52 Å². The lowest BCUT2D eigenvalue weighted by molar-refractivity contribution is 0.839. The molecule has 3 rings (SSSR count). The first-order valence-electron chi connectivity index (χ1n) is 5.03. The summed E-state index contributed by atoms with van der Waals surface area (Å²) in [5, 5.41) is 20.5. The van der Waals surface area contributed by atoms with Gasteiger partial charge in [-0.25, -0.2) is 4.52 Å². The second kappa shape index (κ2) is 3.42. The van der Waals surface area contributed by atoms with Crippen molar-refractivity contribution in [2.24, 2.45) is 0 Å². The Morgan fingerprint density at radius 1 is 1.29 bits per heavy atom. The van der Waals surface area contributed by atoms with E-state index in [-0.39, 0.29) is 12.0 Å². The number of nitrogens with zero attached hydrogens (tertiary/aromatic N) is 4. The first kappa shape index (κ1) is 9.54. The quantitative estimate of drug-likeness (QED) is 0.658. The Morgan fingerprint density at radius 3 is 2.82 bits per heavy atom. The summed E-state index contributed by atoms with van der Waals surface area (Å²) in [5.74, 6) is 0.436. The molecule has 82 valence electrons. The van der Waals surface area contributed by atoms with Gasteiger partial charge in [-0.05, 0) is 6.07 Å². The van der Waals surface area contributed by atoms with E-state index in [0.717, 1.165) is 5.39 Å². The molecule has 1 aromatic carbocycles. The lowest BCUT2D eigenvalue weighted by Gasteiger charge is -1.99. The summed E-state index contributed by atoms with van der Waals surface area (Å²) >= 11 is 0. The van der Waals surface area contributed by atoms with E-state index in [1.54, 1.807) is 12.1 Å². The van der Waals surface area contributed by atoms with Crippen molar-refractivity contribution in [3.8, 4) is 6.07 Å². The van der Waals surface area contributed by atoms with Crippen molar-refractivity contribution in [1.29, 1.82) is 5.26 Å². The van der Waals surface area contributed by atoms with Gasteiger partial charge in [0.25, 0.3) is 5.56 Å². The predicted molar refractivity (Wildman–Crippen MR) is 60.4 cm³/mol. The first-order chi connectivity index (χ1) is 8.31. The molecular weight excluding hydrogens is 218 g/mol. The summed E-state index contributed by atoms with van der Waals surface area (Å²) in [5.41, 5.74) is 0.345. The lowest BCUT2D eigenvalue weighted by atomic mass is 10.2. The molecule has 0 atom stereocenters. The molecule has 0 aliphatic carbocycles. The van der Waals surface area contributed by atoms with Gasteiger partial charge in [0.2, 0.25) is 0 Å². The van der Waals surface area contributed by atoms with Crippen LogP contribution in [0.4, 0.5) is 0 Å². The molecule has 0 radical (unpaired) electrons. The third-order valence-electron chi connectivity index (χ3n) is 2.59. The fourth-order valence-electron chi connectivity index (χ4n) is 1.83. The van der Waals surface area contributed by atoms with Crippen LogP contribution in [0.25, 0.3) is 16.4 Å². The summed E-state index contributed by atoms with van der Waals surface area (Å²) < 4.78 is 1.47. The Morgan fingerprint density at radius 2 is 2.06 bits per heavy atom. The molecule has 0 fully saturated rings. The van der Waals surface area contributed by atoms with Crippen LogP contribution < -0.4 is 5.56 Å². The molecule has 0 spiro atoms. The van der Waals surface area contributed by atoms with Gasteiger partial charge in [0.05, 0.1) is 17.9 Å². The number of hydrogen-bond acceptors (Lipinski definition) is 4. The molecule has 2 aromatic heterocycles. The number of fused-ring (bicyclic) bond motifs is 3. The second-order valence-electron chi connectivity index (χ2n) is 3.60. The van der Waals surface area contributed by atoms with Crippen LogP contribution >= 0.6 is 0 Å². The highest BCUT2D eigenvalue weighted by Gasteiger charge is 2.10. The lowest BCUT2D eigenvalue weighted by Crippen LogP contribution is -2.13. The van der Waals surface area contributed by atoms with E-state index < -0.39 is 0 Å². The van der Waals surface area contributed by atoms with Crippen LogP contribution in [0, 0.1) is 11.3 Å². The number of nitriles is 1. The number of aromatic nitrogens is 4. The van der Waals surface area contributed by atoms with Gasteiger partial charge in [-0.3, -0.25) is 9.89 Å². The van der Waals surface area contributed by atoms with Crippen LogP contribution in [0.3, 0.4) is 0 Å². The molecule has 0 aliphatic heterocycles.